The normalized spacial score (nSPS) is 11.7. The summed E-state index contributed by atoms with van der Waals surface area (Å²) in [6, 6.07) is 17.3. The van der Waals surface area contributed by atoms with Gasteiger partial charge in [0.15, 0.2) is 0 Å². The summed E-state index contributed by atoms with van der Waals surface area (Å²) < 4.78 is 90.0. The number of nitro groups is 2. The number of benzene rings is 4. The number of ether oxygens (including phenoxy) is 2. The van der Waals surface area contributed by atoms with Crippen molar-refractivity contribution in [1.82, 2.24) is 0 Å². The van der Waals surface area contributed by atoms with E-state index in [0.29, 0.717) is 18.6 Å². The highest BCUT2D eigenvalue weighted by atomic mass is 19.4. The van der Waals surface area contributed by atoms with Crippen molar-refractivity contribution in [2.45, 2.75) is 18.8 Å². The molecule has 14 heteroatoms. The zero-order valence-electron chi connectivity index (χ0n) is 20.4. The first-order chi connectivity index (χ1) is 19.2. The van der Waals surface area contributed by atoms with Crippen LogP contribution in [-0.4, -0.2) is 9.85 Å². The van der Waals surface area contributed by atoms with Gasteiger partial charge in [0.1, 0.15) is 34.1 Å². The maximum absolute atomic E-state index is 13.2. The standard InChI is InChI=1S/C27H16F6N2O6/c28-26(29,30)22-14-20(9-11-24(22)34(36)37)40-18-5-1-16(2-6-18)13-17-3-7-19(8-4-17)41-21-10-12-25(35(38)39)23(15-21)27(31,32)33/h1-12,14-15H,13H2. The molecule has 212 valence electrons. The molecular formula is C27H16F6N2O6. The quantitative estimate of drug-likeness (QED) is 0.118. The third kappa shape index (κ3) is 7.09. The molecule has 0 fully saturated rings. The topological polar surface area (TPSA) is 105 Å². The Kier molecular flexibility index (Phi) is 7.85. The molecule has 0 unspecified atom stereocenters. The lowest BCUT2D eigenvalue weighted by Gasteiger charge is -2.12. The number of halogens is 6. The molecule has 4 aromatic carbocycles. The Labute approximate surface area is 226 Å². The van der Waals surface area contributed by atoms with Crippen LogP contribution in [-0.2, 0) is 18.8 Å². The zero-order valence-corrected chi connectivity index (χ0v) is 20.4. The van der Waals surface area contributed by atoms with E-state index in [-0.39, 0.29) is 23.0 Å². The Hall–Kier alpha value is -5.14. The third-order valence-electron chi connectivity index (χ3n) is 5.67. The summed E-state index contributed by atoms with van der Waals surface area (Å²) in [5.74, 6) is -0.0788. The molecule has 8 nitrogen and oxygen atoms in total. The molecular weight excluding hydrogens is 562 g/mol. The van der Waals surface area contributed by atoms with Gasteiger partial charge in [0.05, 0.1) is 9.85 Å². The highest BCUT2D eigenvalue weighted by molar-refractivity contribution is 5.49. The molecule has 0 aliphatic rings. The van der Waals surface area contributed by atoms with Gasteiger partial charge in [-0.2, -0.15) is 26.3 Å². The summed E-state index contributed by atoms with van der Waals surface area (Å²) in [6.45, 7) is 0. The maximum Gasteiger partial charge on any atom is 0.423 e. The van der Waals surface area contributed by atoms with Crippen LogP contribution in [0.1, 0.15) is 22.3 Å². The van der Waals surface area contributed by atoms with Crippen LogP contribution in [0.5, 0.6) is 23.0 Å². The first kappa shape index (κ1) is 28.9. The first-order valence-electron chi connectivity index (χ1n) is 11.5. The zero-order chi connectivity index (χ0) is 29.9. The molecule has 0 saturated carbocycles. The maximum atomic E-state index is 13.2. The molecule has 4 aromatic rings. The predicted molar refractivity (Wildman–Crippen MR) is 132 cm³/mol. The highest BCUT2D eigenvalue weighted by Gasteiger charge is 2.39. The minimum absolute atomic E-state index is 0.195. The highest BCUT2D eigenvalue weighted by Crippen LogP contribution is 2.40. The summed E-state index contributed by atoms with van der Waals surface area (Å²) in [5.41, 5.74) is -3.46. The fraction of sp³-hybridized carbons (Fsp3) is 0.111. The van der Waals surface area contributed by atoms with Gasteiger partial charge in [-0.25, -0.2) is 0 Å². The van der Waals surface area contributed by atoms with Crippen LogP contribution >= 0.6 is 0 Å². The molecule has 4 rings (SSSR count). The number of alkyl halides is 6. The van der Waals surface area contributed by atoms with Crippen LogP contribution in [0.2, 0.25) is 0 Å². The van der Waals surface area contributed by atoms with Crippen LogP contribution in [0.4, 0.5) is 37.7 Å². The van der Waals surface area contributed by atoms with Crippen molar-refractivity contribution in [3.8, 4) is 23.0 Å². The second-order valence-electron chi connectivity index (χ2n) is 8.54. The second kappa shape index (κ2) is 11.2. The monoisotopic (exact) mass is 578 g/mol. The lowest BCUT2D eigenvalue weighted by atomic mass is 10.0. The molecule has 0 aromatic heterocycles. The third-order valence-corrected chi connectivity index (χ3v) is 5.67. The molecule has 41 heavy (non-hydrogen) atoms. The van der Waals surface area contributed by atoms with Crippen LogP contribution in [0.15, 0.2) is 84.9 Å². The van der Waals surface area contributed by atoms with Gasteiger partial charge in [-0.3, -0.25) is 20.2 Å². The van der Waals surface area contributed by atoms with E-state index < -0.39 is 44.7 Å². The fourth-order valence-corrected chi connectivity index (χ4v) is 3.79. The van der Waals surface area contributed by atoms with E-state index in [4.69, 9.17) is 9.47 Å². The molecule has 0 aliphatic heterocycles. The van der Waals surface area contributed by atoms with Crippen LogP contribution in [0.3, 0.4) is 0 Å². The van der Waals surface area contributed by atoms with Crippen molar-refractivity contribution in [2.75, 3.05) is 0 Å². The summed E-state index contributed by atoms with van der Waals surface area (Å²) in [6.07, 6.45) is -9.48. The van der Waals surface area contributed by atoms with Crippen LogP contribution < -0.4 is 9.47 Å². The summed E-state index contributed by atoms with van der Waals surface area (Å²) in [4.78, 5) is 19.6. The van der Waals surface area contributed by atoms with Gasteiger partial charge >= 0.3 is 12.4 Å². The fourth-order valence-electron chi connectivity index (χ4n) is 3.79. The van der Waals surface area contributed by atoms with E-state index in [1.807, 2.05) is 0 Å². The summed E-state index contributed by atoms with van der Waals surface area (Å²) >= 11 is 0. The molecule has 0 heterocycles. The van der Waals surface area contributed by atoms with E-state index in [9.17, 15) is 46.6 Å². The SMILES string of the molecule is O=[N+]([O-])c1ccc(Oc2ccc(Cc3ccc(Oc4ccc([N+](=O)[O-])c(C(F)(F)F)c4)cc3)cc2)cc1C(F)(F)F. The molecule has 0 amide bonds. The molecule has 0 atom stereocenters. The average molecular weight is 578 g/mol. The van der Waals surface area contributed by atoms with Crippen molar-refractivity contribution in [3.63, 3.8) is 0 Å². The number of nitrogens with zero attached hydrogens (tertiary/aromatic N) is 2. The van der Waals surface area contributed by atoms with E-state index >= 15 is 0 Å². The average Bonchev–Trinajstić information content (AvgIpc) is 2.89. The van der Waals surface area contributed by atoms with E-state index in [1.54, 1.807) is 24.3 Å². The van der Waals surface area contributed by atoms with Gasteiger partial charge in [0.2, 0.25) is 0 Å². The van der Waals surface area contributed by atoms with Gasteiger partial charge in [0, 0.05) is 12.1 Å². The first-order valence-corrected chi connectivity index (χ1v) is 11.5. The summed E-state index contributed by atoms with van der Waals surface area (Å²) in [7, 11) is 0. The lowest BCUT2D eigenvalue weighted by molar-refractivity contribution is -0.388. The minimum Gasteiger partial charge on any atom is -0.457 e. The number of hydrogen-bond acceptors (Lipinski definition) is 6. The smallest absolute Gasteiger partial charge is 0.423 e. The summed E-state index contributed by atoms with van der Waals surface area (Å²) in [5, 5.41) is 21.8. The molecule has 0 aliphatic carbocycles. The van der Waals surface area contributed by atoms with Gasteiger partial charge in [-0.05, 0) is 66.1 Å². The van der Waals surface area contributed by atoms with Gasteiger partial charge in [-0.15, -0.1) is 0 Å². The van der Waals surface area contributed by atoms with Crippen molar-refractivity contribution in [2.24, 2.45) is 0 Å². The Balaban J connectivity index is 1.42. The Bertz CT molecular complexity index is 1470. The van der Waals surface area contributed by atoms with Crippen LogP contribution in [0, 0.1) is 20.2 Å². The molecule has 0 spiro atoms. The lowest BCUT2D eigenvalue weighted by Crippen LogP contribution is -2.09. The van der Waals surface area contributed by atoms with E-state index in [0.717, 1.165) is 35.4 Å². The molecule has 0 radical (unpaired) electrons. The van der Waals surface area contributed by atoms with Crippen molar-refractivity contribution in [3.05, 3.63) is 127 Å². The molecule has 0 N–H and O–H groups in total. The predicted octanol–water partition coefficient (Wildman–Crippen LogP) is 8.72. The van der Waals surface area contributed by atoms with E-state index in [2.05, 4.69) is 0 Å². The van der Waals surface area contributed by atoms with Gasteiger partial charge < -0.3 is 9.47 Å². The Morgan fingerprint density at radius 3 is 1.15 bits per heavy atom. The van der Waals surface area contributed by atoms with Gasteiger partial charge in [0.25, 0.3) is 11.4 Å². The largest absolute Gasteiger partial charge is 0.457 e. The number of hydrogen-bond donors (Lipinski definition) is 0. The number of rotatable bonds is 8. The van der Waals surface area contributed by atoms with Crippen LogP contribution in [0.25, 0.3) is 0 Å². The molecule has 0 bridgehead atoms. The van der Waals surface area contributed by atoms with E-state index in [1.165, 1.54) is 24.3 Å². The minimum atomic E-state index is -4.94. The Morgan fingerprint density at radius 2 is 0.854 bits per heavy atom. The van der Waals surface area contributed by atoms with Gasteiger partial charge in [-0.1, -0.05) is 24.3 Å². The van der Waals surface area contributed by atoms with Crippen molar-refractivity contribution >= 4 is 11.4 Å². The second-order valence-corrected chi connectivity index (χ2v) is 8.54. The number of nitro benzene ring substituents is 2. The molecule has 0 saturated heterocycles. The Morgan fingerprint density at radius 1 is 0.537 bits per heavy atom. The van der Waals surface area contributed by atoms with Crippen molar-refractivity contribution in [1.29, 1.82) is 0 Å². The van der Waals surface area contributed by atoms with Crippen molar-refractivity contribution < 1.29 is 45.7 Å².